The predicted octanol–water partition coefficient (Wildman–Crippen LogP) is 2.09. The zero-order chi connectivity index (χ0) is 14.2. The number of anilines is 1. The zero-order valence-corrected chi connectivity index (χ0v) is 12.1. The van der Waals surface area contributed by atoms with E-state index in [1.165, 1.54) is 6.20 Å². The maximum Gasteiger partial charge on any atom is 0.249 e. The highest BCUT2D eigenvalue weighted by Gasteiger charge is 2.19. The Hall–Kier alpha value is -1.82. The molecule has 7 heteroatoms. The van der Waals surface area contributed by atoms with Crippen LogP contribution in [0.5, 0.6) is 0 Å². The van der Waals surface area contributed by atoms with Gasteiger partial charge in [-0.05, 0) is 20.8 Å². The summed E-state index contributed by atoms with van der Waals surface area (Å²) in [4.78, 5) is 12.2. The van der Waals surface area contributed by atoms with Crippen LogP contribution in [0.15, 0.2) is 12.4 Å². The quantitative estimate of drug-likeness (QED) is 0.937. The van der Waals surface area contributed by atoms with Gasteiger partial charge in [-0.2, -0.15) is 10.2 Å². The Bertz CT molecular complexity index is 616. The molecule has 0 bridgehead atoms. The first-order chi connectivity index (χ1) is 8.90. The van der Waals surface area contributed by atoms with Gasteiger partial charge in [0.25, 0.3) is 0 Å². The average Bonchev–Trinajstić information content (AvgIpc) is 2.83. The number of rotatable bonds is 3. The van der Waals surface area contributed by atoms with Gasteiger partial charge in [-0.25, -0.2) is 0 Å². The summed E-state index contributed by atoms with van der Waals surface area (Å²) >= 11 is 5.94. The van der Waals surface area contributed by atoms with E-state index < -0.39 is 6.04 Å². The van der Waals surface area contributed by atoms with Crippen molar-refractivity contribution in [1.82, 2.24) is 19.6 Å². The minimum absolute atomic E-state index is 0.154. The second kappa shape index (κ2) is 5.05. The van der Waals surface area contributed by atoms with Crippen LogP contribution in [0.1, 0.15) is 24.4 Å². The molecule has 1 atom stereocenters. The van der Waals surface area contributed by atoms with E-state index in [9.17, 15) is 4.79 Å². The lowest BCUT2D eigenvalue weighted by molar-refractivity contribution is -0.119. The molecule has 6 nitrogen and oxygen atoms in total. The van der Waals surface area contributed by atoms with Gasteiger partial charge in [0.1, 0.15) is 6.04 Å². The van der Waals surface area contributed by atoms with E-state index >= 15 is 0 Å². The van der Waals surface area contributed by atoms with Crippen LogP contribution < -0.4 is 5.32 Å². The Kier molecular flexibility index (Phi) is 3.61. The molecule has 0 aliphatic rings. The lowest BCUT2D eigenvalue weighted by Gasteiger charge is -2.14. The van der Waals surface area contributed by atoms with Crippen LogP contribution in [-0.4, -0.2) is 25.5 Å². The van der Waals surface area contributed by atoms with Crippen molar-refractivity contribution in [1.29, 1.82) is 0 Å². The highest BCUT2D eigenvalue weighted by Crippen LogP contribution is 2.19. The van der Waals surface area contributed by atoms with E-state index in [-0.39, 0.29) is 5.91 Å². The fourth-order valence-corrected chi connectivity index (χ4v) is 1.99. The molecular formula is C12H16ClN5O. The minimum atomic E-state index is -0.438. The summed E-state index contributed by atoms with van der Waals surface area (Å²) in [6.07, 6.45) is 3.30. The van der Waals surface area contributed by atoms with Crippen molar-refractivity contribution in [3.05, 3.63) is 28.8 Å². The third-order valence-electron chi connectivity index (χ3n) is 3.00. The summed E-state index contributed by atoms with van der Waals surface area (Å²) in [7, 11) is 1.81. The summed E-state index contributed by atoms with van der Waals surface area (Å²) in [6.45, 7) is 5.45. The molecule has 0 aromatic carbocycles. The highest BCUT2D eigenvalue weighted by atomic mass is 35.5. The molecule has 0 unspecified atom stereocenters. The third-order valence-corrected chi connectivity index (χ3v) is 3.37. The number of nitrogens with one attached hydrogen (secondary N) is 1. The molecular weight excluding hydrogens is 266 g/mol. The van der Waals surface area contributed by atoms with Crippen LogP contribution >= 0.6 is 11.6 Å². The van der Waals surface area contributed by atoms with Crippen molar-refractivity contribution in [2.24, 2.45) is 7.05 Å². The Labute approximate surface area is 116 Å². The molecule has 2 heterocycles. The Morgan fingerprint density at radius 3 is 2.63 bits per heavy atom. The zero-order valence-electron chi connectivity index (χ0n) is 11.3. The van der Waals surface area contributed by atoms with Gasteiger partial charge in [0.2, 0.25) is 5.91 Å². The van der Waals surface area contributed by atoms with Crippen LogP contribution in [0.3, 0.4) is 0 Å². The van der Waals surface area contributed by atoms with Crippen LogP contribution in [0.4, 0.5) is 5.69 Å². The van der Waals surface area contributed by atoms with Gasteiger partial charge in [-0.15, -0.1) is 0 Å². The monoisotopic (exact) mass is 281 g/mol. The average molecular weight is 282 g/mol. The van der Waals surface area contributed by atoms with Crippen molar-refractivity contribution >= 4 is 23.2 Å². The first-order valence-corrected chi connectivity index (χ1v) is 6.28. The number of halogens is 1. The van der Waals surface area contributed by atoms with Crippen LogP contribution in [0.2, 0.25) is 5.02 Å². The topological polar surface area (TPSA) is 64.7 Å². The number of nitrogens with zero attached hydrogens (tertiary/aromatic N) is 4. The summed E-state index contributed by atoms with van der Waals surface area (Å²) in [5.41, 5.74) is 2.25. The number of aryl methyl sites for hydroxylation is 2. The van der Waals surface area contributed by atoms with Crippen molar-refractivity contribution in [3.63, 3.8) is 0 Å². The van der Waals surface area contributed by atoms with E-state index in [2.05, 4.69) is 15.5 Å². The van der Waals surface area contributed by atoms with Gasteiger partial charge >= 0.3 is 0 Å². The van der Waals surface area contributed by atoms with E-state index in [0.29, 0.717) is 10.7 Å². The van der Waals surface area contributed by atoms with E-state index in [1.54, 1.807) is 22.5 Å². The molecule has 1 N–H and O–H groups in total. The molecule has 2 aromatic rings. The number of hydrogen-bond donors (Lipinski definition) is 1. The lowest BCUT2D eigenvalue weighted by atomic mass is 10.3. The van der Waals surface area contributed by atoms with Gasteiger partial charge in [-0.3, -0.25) is 14.2 Å². The van der Waals surface area contributed by atoms with Crippen molar-refractivity contribution in [3.8, 4) is 0 Å². The molecule has 19 heavy (non-hydrogen) atoms. The van der Waals surface area contributed by atoms with Gasteiger partial charge in [0.15, 0.2) is 0 Å². The van der Waals surface area contributed by atoms with Crippen LogP contribution in [0.25, 0.3) is 0 Å². The molecule has 0 aliphatic heterocycles. The predicted molar refractivity (Wildman–Crippen MR) is 73.3 cm³/mol. The Morgan fingerprint density at radius 1 is 1.47 bits per heavy atom. The Morgan fingerprint density at radius 2 is 2.16 bits per heavy atom. The first kappa shape index (κ1) is 13.6. The first-order valence-electron chi connectivity index (χ1n) is 5.91. The van der Waals surface area contributed by atoms with Crippen molar-refractivity contribution < 1.29 is 4.79 Å². The SMILES string of the molecule is Cc1nn(C)cc1NC(=O)[C@@H](C)n1ncc(Cl)c1C. The van der Waals surface area contributed by atoms with E-state index in [4.69, 9.17) is 11.6 Å². The third kappa shape index (κ3) is 2.63. The molecule has 0 saturated heterocycles. The Balaban J connectivity index is 2.16. The van der Waals surface area contributed by atoms with Crippen molar-refractivity contribution in [2.45, 2.75) is 26.8 Å². The molecule has 2 aromatic heterocycles. The van der Waals surface area contributed by atoms with Crippen LogP contribution in [0, 0.1) is 13.8 Å². The maximum absolute atomic E-state index is 12.2. The molecule has 2 rings (SSSR count). The maximum atomic E-state index is 12.2. The molecule has 1 amide bonds. The van der Waals surface area contributed by atoms with Crippen molar-refractivity contribution in [2.75, 3.05) is 5.32 Å². The van der Waals surface area contributed by atoms with Gasteiger partial charge < -0.3 is 5.32 Å². The summed E-state index contributed by atoms with van der Waals surface area (Å²) in [6, 6.07) is -0.438. The van der Waals surface area contributed by atoms with Gasteiger partial charge in [0, 0.05) is 13.2 Å². The number of hydrogen-bond acceptors (Lipinski definition) is 3. The highest BCUT2D eigenvalue weighted by molar-refractivity contribution is 6.31. The number of aromatic nitrogens is 4. The minimum Gasteiger partial charge on any atom is -0.321 e. The van der Waals surface area contributed by atoms with E-state index in [0.717, 1.165) is 11.4 Å². The van der Waals surface area contributed by atoms with Gasteiger partial charge in [-0.1, -0.05) is 11.6 Å². The fraction of sp³-hybridized carbons (Fsp3) is 0.417. The second-order valence-corrected chi connectivity index (χ2v) is 4.90. The number of amides is 1. The summed E-state index contributed by atoms with van der Waals surface area (Å²) < 4.78 is 3.26. The summed E-state index contributed by atoms with van der Waals surface area (Å²) in [5.74, 6) is -0.154. The van der Waals surface area contributed by atoms with Gasteiger partial charge in [0.05, 0.1) is 28.3 Å². The van der Waals surface area contributed by atoms with Crippen LogP contribution in [-0.2, 0) is 11.8 Å². The number of carbonyl (C=O) groups is 1. The summed E-state index contributed by atoms with van der Waals surface area (Å²) in [5, 5.41) is 11.7. The standard InChI is InChI=1S/C12H16ClN5O/c1-7-11(6-17(4)16-7)15-12(19)9(3)18-8(2)10(13)5-14-18/h5-6,9H,1-4H3,(H,15,19)/t9-/m1/s1. The molecule has 102 valence electrons. The molecule has 0 radical (unpaired) electrons. The molecule has 0 fully saturated rings. The largest absolute Gasteiger partial charge is 0.321 e. The molecule has 0 spiro atoms. The fourth-order valence-electron chi connectivity index (χ4n) is 1.86. The smallest absolute Gasteiger partial charge is 0.249 e. The second-order valence-electron chi connectivity index (χ2n) is 4.49. The number of carbonyl (C=O) groups excluding carboxylic acids is 1. The normalized spacial score (nSPS) is 12.5. The molecule has 0 aliphatic carbocycles. The lowest BCUT2D eigenvalue weighted by Crippen LogP contribution is -2.25. The van der Waals surface area contributed by atoms with E-state index in [1.807, 2.05) is 20.9 Å². The molecule has 0 saturated carbocycles.